The Kier molecular flexibility index (Phi) is 5.14. The van der Waals surface area contributed by atoms with Gasteiger partial charge in [-0.2, -0.15) is 0 Å². The highest BCUT2D eigenvalue weighted by Gasteiger charge is 2.11. The molecular weight excluding hydrogens is 294 g/mol. The molecule has 0 radical (unpaired) electrons. The second-order valence-corrected chi connectivity index (χ2v) is 6.30. The molecule has 1 aromatic heterocycles. The molecular formula is C22H25NO. The summed E-state index contributed by atoms with van der Waals surface area (Å²) in [5.41, 5.74) is 4.23. The van der Waals surface area contributed by atoms with E-state index in [1.807, 2.05) is 12.1 Å². The first-order valence-electron chi connectivity index (χ1n) is 8.88. The molecule has 2 nitrogen and oxygen atoms in total. The number of benzene rings is 2. The van der Waals surface area contributed by atoms with Gasteiger partial charge in [0.1, 0.15) is 5.76 Å². The van der Waals surface area contributed by atoms with Gasteiger partial charge in [-0.3, -0.25) is 0 Å². The Bertz CT molecular complexity index is 888. The lowest BCUT2D eigenvalue weighted by Gasteiger charge is -2.11. The minimum Gasteiger partial charge on any atom is -0.442 e. The summed E-state index contributed by atoms with van der Waals surface area (Å²) in [7, 11) is 0. The molecule has 0 saturated carbocycles. The van der Waals surface area contributed by atoms with Crippen LogP contribution in [0.3, 0.4) is 0 Å². The molecule has 0 fully saturated rings. The Balaban J connectivity index is 2.27. The second-order valence-electron chi connectivity index (χ2n) is 6.30. The zero-order chi connectivity index (χ0) is 16.9. The zero-order valence-electron chi connectivity index (χ0n) is 14.8. The SMILES string of the molecule is CCCc1oc(=Nc2ccc(C)cc2)c2ccccc2c1CCC. The molecule has 2 aromatic carbocycles. The lowest BCUT2D eigenvalue weighted by molar-refractivity contribution is 0.446. The molecule has 0 unspecified atom stereocenters. The molecule has 1 heterocycles. The Morgan fingerprint density at radius 1 is 0.833 bits per heavy atom. The molecule has 0 N–H and O–H groups in total. The van der Waals surface area contributed by atoms with Crippen molar-refractivity contribution in [1.82, 2.24) is 0 Å². The summed E-state index contributed by atoms with van der Waals surface area (Å²) in [6.45, 7) is 6.49. The molecule has 0 aliphatic carbocycles. The smallest absolute Gasteiger partial charge is 0.227 e. The predicted molar refractivity (Wildman–Crippen MR) is 101 cm³/mol. The van der Waals surface area contributed by atoms with Crippen molar-refractivity contribution in [2.45, 2.75) is 46.5 Å². The van der Waals surface area contributed by atoms with E-state index in [4.69, 9.17) is 9.41 Å². The van der Waals surface area contributed by atoms with E-state index in [1.165, 1.54) is 16.5 Å². The number of hydrogen-bond acceptors (Lipinski definition) is 2. The molecule has 0 atom stereocenters. The van der Waals surface area contributed by atoms with Crippen LogP contribution in [0.15, 0.2) is 57.9 Å². The fourth-order valence-electron chi connectivity index (χ4n) is 3.09. The Hall–Kier alpha value is -2.35. The number of fused-ring (bicyclic) bond motifs is 1. The molecule has 0 amide bonds. The fraction of sp³-hybridized carbons (Fsp3) is 0.318. The lowest BCUT2D eigenvalue weighted by Crippen LogP contribution is -2.08. The normalized spacial score (nSPS) is 12.0. The van der Waals surface area contributed by atoms with Crippen molar-refractivity contribution < 1.29 is 4.42 Å². The minimum atomic E-state index is 0.720. The van der Waals surface area contributed by atoms with Crippen LogP contribution in [0.4, 0.5) is 5.69 Å². The van der Waals surface area contributed by atoms with E-state index in [0.29, 0.717) is 0 Å². The monoisotopic (exact) mass is 319 g/mol. The molecule has 24 heavy (non-hydrogen) atoms. The van der Waals surface area contributed by atoms with Crippen molar-refractivity contribution in [3.8, 4) is 0 Å². The maximum absolute atomic E-state index is 6.28. The molecule has 0 saturated heterocycles. The number of rotatable bonds is 5. The standard InChI is InChI=1S/C22H25NO/c1-4-8-19-18-10-6-7-11-20(18)22(24-21(19)9-5-2)23-17-14-12-16(3)13-15-17/h6-7,10-15H,4-5,8-9H2,1-3H3. The van der Waals surface area contributed by atoms with Gasteiger partial charge in [0.15, 0.2) is 0 Å². The first-order valence-corrected chi connectivity index (χ1v) is 8.88. The molecule has 0 spiro atoms. The summed E-state index contributed by atoms with van der Waals surface area (Å²) in [6, 6.07) is 16.7. The van der Waals surface area contributed by atoms with Crippen molar-refractivity contribution in [2.75, 3.05) is 0 Å². The van der Waals surface area contributed by atoms with E-state index < -0.39 is 0 Å². The molecule has 2 heteroatoms. The second kappa shape index (κ2) is 7.48. The van der Waals surface area contributed by atoms with Gasteiger partial charge in [0, 0.05) is 11.8 Å². The van der Waals surface area contributed by atoms with Crippen LogP contribution in [0, 0.1) is 6.92 Å². The van der Waals surface area contributed by atoms with Crippen LogP contribution in [0.5, 0.6) is 0 Å². The van der Waals surface area contributed by atoms with E-state index in [1.54, 1.807) is 0 Å². The minimum absolute atomic E-state index is 0.720. The number of aryl methyl sites for hydroxylation is 3. The number of nitrogens with zero attached hydrogens (tertiary/aromatic N) is 1. The Morgan fingerprint density at radius 2 is 1.50 bits per heavy atom. The van der Waals surface area contributed by atoms with E-state index in [2.05, 4.69) is 57.2 Å². The fourth-order valence-corrected chi connectivity index (χ4v) is 3.09. The van der Waals surface area contributed by atoms with Crippen LogP contribution in [-0.4, -0.2) is 0 Å². The van der Waals surface area contributed by atoms with Crippen LogP contribution in [0.1, 0.15) is 43.6 Å². The summed E-state index contributed by atoms with van der Waals surface area (Å²) < 4.78 is 6.28. The molecule has 0 aliphatic rings. The van der Waals surface area contributed by atoms with E-state index in [9.17, 15) is 0 Å². The molecule has 0 aliphatic heterocycles. The van der Waals surface area contributed by atoms with Crippen molar-refractivity contribution in [3.05, 3.63) is 71.0 Å². The quantitative estimate of drug-likeness (QED) is 0.576. The van der Waals surface area contributed by atoms with Crippen molar-refractivity contribution in [2.24, 2.45) is 4.99 Å². The molecule has 124 valence electrons. The topological polar surface area (TPSA) is 25.5 Å². The average Bonchev–Trinajstić information content (AvgIpc) is 2.60. The third-order valence-corrected chi connectivity index (χ3v) is 4.28. The first-order chi connectivity index (χ1) is 11.7. The van der Waals surface area contributed by atoms with Gasteiger partial charge in [-0.05, 0) is 48.9 Å². The summed E-state index contributed by atoms with van der Waals surface area (Å²) in [5, 5.41) is 2.38. The van der Waals surface area contributed by atoms with E-state index in [-0.39, 0.29) is 0 Å². The van der Waals surface area contributed by atoms with Crippen LogP contribution in [0.25, 0.3) is 10.8 Å². The third-order valence-electron chi connectivity index (χ3n) is 4.28. The van der Waals surface area contributed by atoms with Crippen LogP contribution in [-0.2, 0) is 12.8 Å². The highest BCUT2D eigenvalue weighted by atomic mass is 16.3. The Labute approximate surface area is 143 Å². The molecule has 3 rings (SSSR count). The highest BCUT2D eigenvalue weighted by Crippen LogP contribution is 2.23. The van der Waals surface area contributed by atoms with Crippen molar-refractivity contribution in [3.63, 3.8) is 0 Å². The summed E-state index contributed by atoms with van der Waals surface area (Å²) >= 11 is 0. The van der Waals surface area contributed by atoms with Gasteiger partial charge in [0.25, 0.3) is 0 Å². The molecule has 0 bridgehead atoms. The average molecular weight is 319 g/mol. The summed E-state index contributed by atoms with van der Waals surface area (Å²) in [6.07, 6.45) is 4.19. The van der Waals surface area contributed by atoms with Gasteiger partial charge in [0.2, 0.25) is 5.55 Å². The van der Waals surface area contributed by atoms with Gasteiger partial charge in [-0.25, -0.2) is 4.99 Å². The van der Waals surface area contributed by atoms with Gasteiger partial charge < -0.3 is 4.42 Å². The zero-order valence-corrected chi connectivity index (χ0v) is 14.8. The summed E-state index contributed by atoms with van der Waals surface area (Å²) in [5.74, 6) is 1.09. The lowest BCUT2D eigenvalue weighted by atomic mass is 9.99. The number of hydrogen-bond donors (Lipinski definition) is 0. The maximum Gasteiger partial charge on any atom is 0.227 e. The van der Waals surface area contributed by atoms with Gasteiger partial charge >= 0.3 is 0 Å². The highest BCUT2D eigenvalue weighted by molar-refractivity contribution is 5.84. The van der Waals surface area contributed by atoms with Crippen molar-refractivity contribution in [1.29, 1.82) is 0 Å². The Morgan fingerprint density at radius 3 is 2.17 bits per heavy atom. The van der Waals surface area contributed by atoms with Gasteiger partial charge in [-0.15, -0.1) is 0 Å². The molecule has 3 aromatic rings. The van der Waals surface area contributed by atoms with E-state index >= 15 is 0 Å². The predicted octanol–water partition coefficient (Wildman–Crippen LogP) is 5.88. The third kappa shape index (κ3) is 3.43. The van der Waals surface area contributed by atoms with E-state index in [0.717, 1.165) is 48.1 Å². The summed E-state index contributed by atoms with van der Waals surface area (Å²) in [4.78, 5) is 4.79. The van der Waals surface area contributed by atoms with Crippen LogP contribution in [0.2, 0.25) is 0 Å². The van der Waals surface area contributed by atoms with Gasteiger partial charge in [-0.1, -0.05) is 56.2 Å². The van der Waals surface area contributed by atoms with Gasteiger partial charge in [0.05, 0.1) is 5.69 Å². The largest absolute Gasteiger partial charge is 0.442 e. The van der Waals surface area contributed by atoms with Crippen LogP contribution < -0.4 is 5.55 Å². The first kappa shape index (κ1) is 16.5. The maximum atomic E-state index is 6.28. The van der Waals surface area contributed by atoms with Crippen LogP contribution >= 0.6 is 0 Å². The van der Waals surface area contributed by atoms with Crippen molar-refractivity contribution >= 4 is 16.5 Å².